The van der Waals surface area contributed by atoms with Gasteiger partial charge in [-0.15, -0.1) is 0 Å². The van der Waals surface area contributed by atoms with Crippen molar-refractivity contribution in [3.8, 4) is 17.6 Å². The highest BCUT2D eigenvalue weighted by Crippen LogP contribution is 2.37. The Labute approximate surface area is 234 Å². The van der Waals surface area contributed by atoms with E-state index in [2.05, 4.69) is 11.4 Å². The van der Waals surface area contributed by atoms with Crippen molar-refractivity contribution in [2.24, 2.45) is 0 Å². The Bertz CT molecular complexity index is 1690. The second-order valence-corrected chi connectivity index (χ2v) is 9.79. The molecule has 0 bridgehead atoms. The van der Waals surface area contributed by atoms with Gasteiger partial charge in [0.05, 0.1) is 23.6 Å². The minimum absolute atomic E-state index is 0.149. The first-order valence-corrected chi connectivity index (χ1v) is 13.1. The molecular formula is C31H23N3O5S. The van der Waals surface area contributed by atoms with E-state index in [0.717, 1.165) is 33.0 Å². The average Bonchev–Trinajstić information content (AvgIpc) is 3.24. The van der Waals surface area contributed by atoms with Crippen LogP contribution in [-0.2, 0) is 16.2 Å². The minimum Gasteiger partial charge on any atom is -0.497 e. The first-order chi connectivity index (χ1) is 19.5. The lowest BCUT2D eigenvalue weighted by atomic mass is 10.0. The van der Waals surface area contributed by atoms with Gasteiger partial charge in [-0.05, 0) is 65.0 Å². The number of imide groups is 1. The van der Waals surface area contributed by atoms with Crippen LogP contribution in [0.3, 0.4) is 0 Å². The molecule has 0 unspecified atom stereocenters. The zero-order chi connectivity index (χ0) is 28.1. The van der Waals surface area contributed by atoms with Crippen molar-refractivity contribution >= 4 is 51.4 Å². The standard InChI is InChI=1S/C31H23N3O5S/c1-38-24-13-11-23(12-14-24)33-29(35)18-34-30(36)28(40-31(34)37)16-26-25-9-5-4-6-20(25)10-15-27(26)39-19-22-8-3-2-7-21(22)17-32/h2-16H,18-19H2,1H3,(H,33,35)/b28-16+. The summed E-state index contributed by atoms with van der Waals surface area (Å²) < 4.78 is 11.2. The Balaban J connectivity index is 1.39. The first kappa shape index (κ1) is 26.5. The number of carbonyl (C=O) groups excluding carboxylic acids is 3. The number of anilines is 1. The van der Waals surface area contributed by atoms with Gasteiger partial charge in [0.1, 0.15) is 24.7 Å². The molecule has 1 aliphatic rings. The highest BCUT2D eigenvalue weighted by atomic mass is 32.2. The van der Waals surface area contributed by atoms with Crippen LogP contribution in [0, 0.1) is 11.3 Å². The van der Waals surface area contributed by atoms with Crippen molar-refractivity contribution in [1.82, 2.24) is 4.90 Å². The van der Waals surface area contributed by atoms with E-state index in [-0.39, 0.29) is 11.5 Å². The molecule has 0 aliphatic carbocycles. The third-order valence-electron chi connectivity index (χ3n) is 6.28. The van der Waals surface area contributed by atoms with Gasteiger partial charge in [-0.25, -0.2) is 0 Å². The Hall–Kier alpha value is -5.07. The van der Waals surface area contributed by atoms with Crippen LogP contribution in [0.5, 0.6) is 11.5 Å². The molecule has 0 saturated carbocycles. The smallest absolute Gasteiger partial charge is 0.294 e. The summed E-state index contributed by atoms with van der Waals surface area (Å²) in [6.07, 6.45) is 1.63. The number of hydrogen-bond acceptors (Lipinski definition) is 7. The van der Waals surface area contributed by atoms with E-state index >= 15 is 0 Å². The summed E-state index contributed by atoms with van der Waals surface area (Å²) in [5.74, 6) is 0.0725. The van der Waals surface area contributed by atoms with Gasteiger partial charge in [-0.3, -0.25) is 19.3 Å². The van der Waals surface area contributed by atoms with E-state index < -0.39 is 23.6 Å². The molecule has 1 N–H and O–H groups in total. The predicted octanol–water partition coefficient (Wildman–Crippen LogP) is 5.97. The van der Waals surface area contributed by atoms with Gasteiger partial charge in [0.2, 0.25) is 5.91 Å². The topological polar surface area (TPSA) is 109 Å². The van der Waals surface area contributed by atoms with Gasteiger partial charge in [-0.2, -0.15) is 5.26 Å². The lowest BCUT2D eigenvalue weighted by Gasteiger charge is -2.14. The largest absolute Gasteiger partial charge is 0.497 e. The van der Waals surface area contributed by atoms with E-state index in [0.29, 0.717) is 28.3 Å². The summed E-state index contributed by atoms with van der Waals surface area (Å²) in [6.45, 7) is -0.270. The van der Waals surface area contributed by atoms with Crippen LogP contribution in [-0.4, -0.2) is 35.6 Å². The number of ether oxygens (including phenoxy) is 2. The van der Waals surface area contributed by atoms with Gasteiger partial charge in [0.15, 0.2) is 0 Å². The number of carbonyl (C=O) groups is 3. The van der Waals surface area contributed by atoms with E-state index in [9.17, 15) is 19.6 Å². The van der Waals surface area contributed by atoms with Crippen LogP contribution in [0.25, 0.3) is 16.8 Å². The van der Waals surface area contributed by atoms with Crippen LogP contribution in [0.4, 0.5) is 10.5 Å². The van der Waals surface area contributed by atoms with Crippen LogP contribution < -0.4 is 14.8 Å². The molecule has 0 spiro atoms. The van der Waals surface area contributed by atoms with Crippen molar-refractivity contribution in [3.05, 3.63) is 107 Å². The van der Waals surface area contributed by atoms with E-state index in [1.807, 2.05) is 42.5 Å². The number of rotatable bonds is 8. The number of nitriles is 1. The van der Waals surface area contributed by atoms with E-state index in [4.69, 9.17) is 9.47 Å². The van der Waals surface area contributed by atoms with Gasteiger partial charge in [0, 0.05) is 16.8 Å². The van der Waals surface area contributed by atoms with Gasteiger partial charge < -0.3 is 14.8 Å². The number of amides is 3. The maximum Gasteiger partial charge on any atom is 0.294 e. The Morgan fingerprint density at radius 1 is 1.00 bits per heavy atom. The summed E-state index contributed by atoms with van der Waals surface area (Å²) in [5, 5.41) is 13.3. The number of nitrogens with one attached hydrogen (secondary N) is 1. The third kappa shape index (κ3) is 5.67. The molecule has 1 aliphatic heterocycles. The lowest BCUT2D eigenvalue weighted by molar-refractivity contribution is -0.127. The van der Waals surface area contributed by atoms with Crippen LogP contribution in [0.15, 0.2) is 89.8 Å². The lowest BCUT2D eigenvalue weighted by Crippen LogP contribution is -2.36. The van der Waals surface area contributed by atoms with Crippen molar-refractivity contribution in [1.29, 1.82) is 5.26 Å². The molecular weight excluding hydrogens is 526 g/mol. The molecule has 0 atom stereocenters. The second-order valence-electron chi connectivity index (χ2n) is 8.80. The number of fused-ring (bicyclic) bond motifs is 1. The predicted molar refractivity (Wildman–Crippen MR) is 154 cm³/mol. The fourth-order valence-electron chi connectivity index (χ4n) is 4.25. The van der Waals surface area contributed by atoms with Crippen LogP contribution >= 0.6 is 11.8 Å². The second kappa shape index (κ2) is 11.8. The average molecular weight is 550 g/mol. The molecule has 8 nitrogen and oxygen atoms in total. The van der Waals surface area contributed by atoms with Gasteiger partial charge in [0.25, 0.3) is 11.1 Å². The molecule has 1 fully saturated rings. The number of nitrogens with zero attached hydrogens (tertiary/aromatic N) is 2. The number of methoxy groups -OCH3 is 1. The number of benzene rings is 4. The molecule has 0 aromatic heterocycles. The van der Waals surface area contributed by atoms with Crippen molar-refractivity contribution < 1.29 is 23.9 Å². The van der Waals surface area contributed by atoms with E-state index in [1.54, 1.807) is 55.7 Å². The fraction of sp³-hybridized carbons (Fsp3) is 0.0968. The molecule has 1 heterocycles. The summed E-state index contributed by atoms with van der Waals surface area (Å²) in [4.78, 5) is 39.7. The van der Waals surface area contributed by atoms with Crippen LogP contribution in [0.2, 0.25) is 0 Å². The third-order valence-corrected chi connectivity index (χ3v) is 7.18. The fourth-order valence-corrected chi connectivity index (χ4v) is 5.07. The molecule has 4 aromatic rings. The molecule has 5 rings (SSSR count). The Morgan fingerprint density at radius 3 is 2.52 bits per heavy atom. The van der Waals surface area contributed by atoms with Gasteiger partial charge in [-0.1, -0.05) is 48.5 Å². The molecule has 1 saturated heterocycles. The summed E-state index contributed by atoms with van der Waals surface area (Å²) >= 11 is 0.771. The quantitative estimate of drug-likeness (QED) is 0.270. The SMILES string of the molecule is COc1ccc(NC(=O)CN2C(=O)S/C(=C/c3c(OCc4ccccc4C#N)ccc4ccccc34)C2=O)cc1. The maximum atomic E-state index is 13.2. The number of thioether (sulfide) groups is 1. The van der Waals surface area contributed by atoms with Gasteiger partial charge >= 0.3 is 0 Å². The molecule has 4 aromatic carbocycles. The van der Waals surface area contributed by atoms with E-state index in [1.165, 1.54) is 0 Å². The highest BCUT2D eigenvalue weighted by Gasteiger charge is 2.36. The summed E-state index contributed by atoms with van der Waals surface area (Å²) in [6, 6.07) is 27.4. The zero-order valence-corrected chi connectivity index (χ0v) is 22.2. The minimum atomic E-state index is -0.561. The summed E-state index contributed by atoms with van der Waals surface area (Å²) in [7, 11) is 1.54. The first-order valence-electron chi connectivity index (χ1n) is 12.3. The normalized spacial score (nSPS) is 13.9. The highest BCUT2D eigenvalue weighted by molar-refractivity contribution is 8.18. The molecule has 0 radical (unpaired) electrons. The van der Waals surface area contributed by atoms with Crippen molar-refractivity contribution in [2.45, 2.75) is 6.61 Å². The zero-order valence-electron chi connectivity index (χ0n) is 21.4. The Kier molecular flexibility index (Phi) is 7.80. The van der Waals surface area contributed by atoms with Crippen molar-refractivity contribution in [2.75, 3.05) is 19.0 Å². The van der Waals surface area contributed by atoms with Crippen LogP contribution in [0.1, 0.15) is 16.7 Å². The number of hydrogen-bond donors (Lipinski definition) is 1. The molecule has 198 valence electrons. The molecule has 40 heavy (non-hydrogen) atoms. The summed E-state index contributed by atoms with van der Waals surface area (Å²) in [5.41, 5.74) is 2.38. The molecule has 9 heteroatoms. The van der Waals surface area contributed by atoms with Crippen molar-refractivity contribution in [3.63, 3.8) is 0 Å². The Morgan fingerprint density at radius 2 is 1.75 bits per heavy atom. The maximum absolute atomic E-state index is 13.2. The molecule has 3 amide bonds. The monoisotopic (exact) mass is 549 g/mol.